The van der Waals surface area contributed by atoms with Crippen molar-refractivity contribution in [2.45, 2.75) is 47.0 Å². The van der Waals surface area contributed by atoms with Crippen LogP contribution in [-0.2, 0) is 0 Å². The molecule has 0 atom stereocenters. The molecule has 0 radical (unpaired) electrons. The molecule has 0 saturated heterocycles. The Labute approximate surface area is 110 Å². The Bertz CT molecular complexity index is 353. The van der Waals surface area contributed by atoms with Gasteiger partial charge in [0.1, 0.15) is 11.6 Å². The van der Waals surface area contributed by atoms with E-state index in [1.807, 2.05) is 13.0 Å². The molecule has 0 amide bonds. The number of anilines is 1. The maximum absolute atomic E-state index is 5.67. The van der Waals surface area contributed by atoms with Crippen LogP contribution in [0, 0.1) is 12.8 Å². The van der Waals surface area contributed by atoms with Crippen LogP contribution in [0.25, 0.3) is 0 Å². The van der Waals surface area contributed by atoms with E-state index in [1.54, 1.807) is 0 Å². The topological polar surface area (TPSA) is 47.0 Å². The number of ether oxygens (including phenoxy) is 1. The maximum Gasteiger partial charge on any atom is 0.218 e. The molecule has 0 bridgehead atoms. The Morgan fingerprint density at radius 2 is 2.11 bits per heavy atom. The van der Waals surface area contributed by atoms with Gasteiger partial charge in [0.25, 0.3) is 0 Å². The molecule has 0 saturated carbocycles. The summed E-state index contributed by atoms with van der Waals surface area (Å²) in [4.78, 5) is 8.61. The molecule has 1 rings (SSSR count). The number of aromatic nitrogens is 2. The molecule has 1 N–H and O–H groups in total. The number of nitrogens with zero attached hydrogens (tertiary/aromatic N) is 2. The van der Waals surface area contributed by atoms with E-state index in [0.717, 1.165) is 43.6 Å². The first-order valence-electron chi connectivity index (χ1n) is 6.84. The van der Waals surface area contributed by atoms with Crippen molar-refractivity contribution in [3.05, 3.63) is 11.9 Å². The molecule has 4 heteroatoms. The fraction of sp³-hybridized carbons (Fsp3) is 0.714. The van der Waals surface area contributed by atoms with Gasteiger partial charge >= 0.3 is 0 Å². The highest BCUT2D eigenvalue weighted by molar-refractivity contribution is 5.38. The van der Waals surface area contributed by atoms with Crippen molar-refractivity contribution in [2.75, 3.05) is 18.5 Å². The van der Waals surface area contributed by atoms with E-state index in [0.29, 0.717) is 5.88 Å². The number of hydrogen-bond donors (Lipinski definition) is 1. The number of rotatable bonds is 8. The summed E-state index contributed by atoms with van der Waals surface area (Å²) >= 11 is 0. The molecule has 0 aliphatic carbocycles. The molecule has 0 unspecified atom stereocenters. The molecule has 18 heavy (non-hydrogen) atoms. The lowest BCUT2D eigenvalue weighted by atomic mass is 10.1. The molecule has 1 heterocycles. The molecule has 102 valence electrons. The van der Waals surface area contributed by atoms with Gasteiger partial charge in [0.15, 0.2) is 0 Å². The van der Waals surface area contributed by atoms with Crippen LogP contribution in [-0.4, -0.2) is 23.1 Å². The van der Waals surface area contributed by atoms with Gasteiger partial charge in [0.2, 0.25) is 5.88 Å². The first-order valence-corrected chi connectivity index (χ1v) is 6.84. The highest BCUT2D eigenvalue weighted by atomic mass is 16.5. The quantitative estimate of drug-likeness (QED) is 0.719. The van der Waals surface area contributed by atoms with Crippen molar-refractivity contribution in [1.82, 2.24) is 9.97 Å². The minimum absolute atomic E-state index is 0.671. The monoisotopic (exact) mass is 251 g/mol. The molecule has 0 fully saturated rings. The van der Waals surface area contributed by atoms with Crippen molar-refractivity contribution in [3.63, 3.8) is 0 Å². The van der Waals surface area contributed by atoms with Gasteiger partial charge in [0.05, 0.1) is 6.61 Å². The molecule has 0 aromatic carbocycles. The molecule has 0 spiro atoms. The van der Waals surface area contributed by atoms with Gasteiger partial charge in [-0.2, -0.15) is 4.98 Å². The highest BCUT2D eigenvalue weighted by Gasteiger charge is 2.02. The lowest BCUT2D eigenvalue weighted by Gasteiger charge is -2.09. The van der Waals surface area contributed by atoms with Crippen molar-refractivity contribution in [1.29, 1.82) is 0 Å². The molecular formula is C14H25N3O. The van der Waals surface area contributed by atoms with Crippen molar-refractivity contribution in [2.24, 2.45) is 5.92 Å². The zero-order chi connectivity index (χ0) is 13.4. The van der Waals surface area contributed by atoms with Crippen molar-refractivity contribution < 1.29 is 4.74 Å². The Kier molecular flexibility index (Phi) is 6.47. The Morgan fingerprint density at radius 1 is 1.33 bits per heavy atom. The second-order valence-electron chi connectivity index (χ2n) is 4.95. The fourth-order valence-electron chi connectivity index (χ4n) is 1.63. The summed E-state index contributed by atoms with van der Waals surface area (Å²) in [5, 5.41) is 3.25. The second kappa shape index (κ2) is 7.90. The fourth-order valence-corrected chi connectivity index (χ4v) is 1.63. The van der Waals surface area contributed by atoms with Crippen LogP contribution in [0.3, 0.4) is 0 Å². The lowest BCUT2D eigenvalue weighted by molar-refractivity contribution is 0.286. The van der Waals surface area contributed by atoms with E-state index in [1.165, 1.54) is 6.42 Å². The van der Waals surface area contributed by atoms with Gasteiger partial charge in [-0.15, -0.1) is 0 Å². The van der Waals surface area contributed by atoms with Gasteiger partial charge < -0.3 is 10.1 Å². The maximum atomic E-state index is 5.67. The molecule has 0 aliphatic heterocycles. The average Bonchev–Trinajstić information content (AvgIpc) is 2.31. The lowest BCUT2D eigenvalue weighted by Crippen LogP contribution is -2.06. The van der Waals surface area contributed by atoms with Gasteiger partial charge in [0, 0.05) is 12.6 Å². The van der Waals surface area contributed by atoms with E-state index in [4.69, 9.17) is 4.74 Å². The normalized spacial score (nSPS) is 10.7. The van der Waals surface area contributed by atoms with E-state index in [9.17, 15) is 0 Å². The predicted octanol–water partition coefficient (Wildman–Crippen LogP) is 3.42. The third kappa shape index (κ3) is 5.84. The Morgan fingerprint density at radius 3 is 2.78 bits per heavy atom. The third-order valence-electron chi connectivity index (χ3n) is 2.55. The summed E-state index contributed by atoms with van der Waals surface area (Å²) in [7, 11) is 0. The van der Waals surface area contributed by atoms with E-state index in [-0.39, 0.29) is 0 Å². The molecule has 0 aliphatic rings. The van der Waals surface area contributed by atoms with Crippen molar-refractivity contribution >= 4 is 5.82 Å². The van der Waals surface area contributed by atoms with E-state index < -0.39 is 0 Å². The summed E-state index contributed by atoms with van der Waals surface area (Å²) in [6.45, 7) is 10.1. The molecule has 4 nitrogen and oxygen atoms in total. The zero-order valence-corrected chi connectivity index (χ0v) is 12.0. The van der Waals surface area contributed by atoms with Crippen LogP contribution >= 0.6 is 0 Å². The van der Waals surface area contributed by atoms with Crippen molar-refractivity contribution in [3.8, 4) is 5.88 Å². The summed E-state index contributed by atoms with van der Waals surface area (Å²) in [6, 6.07) is 1.87. The summed E-state index contributed by atoms with van der Waals surface area (Å²) < 4.78 is 5.67. The molecule has 1 aromatic rings. The summed E-state index contributed by atoms with van der Waals surface area (Å²) in [5.41, 5.74) is 0. The van der Waals surface area contributed by atoms with Gasteiger partial charge in [-0.05, 0) is 32.1 Å². The minimum atomic E-state index is 0.671. The summed E-state index contributed by atoms with van der Waals surface area (Å²) in [5.74, 6) is 2.99. The minimum Gasteiger partial charge on any atom is -0.478 e. The molecule has 1 aromatic heterocycles. The van der Waals surface area contributed by atoms with Crippen LogP contribution in [0.15, 0.2) is 6.07 Å². The van der Waals surface area contributed by atoms with Gasteiger partial charge in [-0.3, -0.25) is 0 Å². The Hall–Kier alpha value is -1.32. The number of nitrogens with one attached hydrogen (secondary N) is 1. The summed E-state index contributed by atoms with van der Waals surface area (Å²) in [6.07, 6.45) is 3.33. The van der Waals surface area contributed by atoms with Crippen LogP contribution < -0.4 is 10.1 Å². The van der Waals surface area contributed by atoms with E-state index >= 15 is 0 Å². The SMILES string of the molecule is CCCNc1cc(OCCCC(C)C)nc(C)n1. The first-order chi connectivity index (χ1) is 8.61. The standard InChI is InChI=1S/C14H25N3O/c1-5-8-15-13-10-14(17-12(4)16-13)18-9-6-7-11(2)3/h10-11H,5-9H2,1-4H3,(H,15,16,17). The van der Waals surface area contributed by atoms with Crippen LogP contribution in [0.2, 0.25) is 0 Å². The second-order valence-corrected chi connectivity index (χ2v) is 4.95. The first kappa shape index (κ1) is 14.7. The van der Waals surface area contributed by atoms with Gasteiger partial charge in [-0.1, -0.05) is 20.8 Å². The Balaban J connectivity index is 2.46. The average molecular weight is 251 g/mol. The number of hydrogen-bond acceptors (Lipinski definition) is 4. The zero-order valence-electron chi connectivity index (χ0n) is 12.0. The van der Waals surface area contributed by atoms with Gasteiger partial charge in [-0.25, -0.2) is 4.98 Å². The smallest absolute Gasteiger partial charge is 0.218 e. The van der Waals surface area contributed by atoms with Crippen LogP contribution in [0.4, 0.5) is 5.82 Å². The van der Waals surface area contributed by atoms with E-state index in [2.05, 4.69) is 36.1 Å². The third-order valence-corrected chi connectivity index (χ3v) is 2.55. The molecular weight excluding hydrogens is 226 g/mol. The van der Waals surface area contributed by atoms with Crippen LogP contribution in [0.5, 0.6) is 5.88 Å². The highest BCUT2D eigenvalue weighted by Crippen LogP contribution is 2.14. The largest absolute Gasteiger partial charge is 0.478 e. The van der Waals surface area contributed by atoms with Crippen LogP contribution in [0.1, 0.15) is 45.9 Å². The predicted molar refractivity (Wildman–Crippen MR) is 75.1 cm³/mol. The number of aryl methyl sites for hydroxylation is 1.